The van der Waals surface area contributed by atoms with Crippen LogP contribution in [0.2, 0.25) is 0 Å². The summed E-state index contributed by atoms with van der Waals surface area (Å²) in [4.78, 5) is 11.9. The van der Waals surface area contributed by atoms with Crippen LogP contribution in [-0.4, -0.2) is 31.8 Å². The van der Waals surface area contributed by atoms with Gasteiger partial charge in [0.1, 0.15) is 5.75 Å². The van der Waals surface area contributed by atoms with Crippen LogP contribution < -0.4 is 10.1 Å². The van der Waals surface area contributed by atoms with Gasteiger partial charge in [-0.05, 0) is 43.9 Å². The lowest BCUT2D eigenvalue weighted by atomic mass is 10.1. The van der Waals surface area contributed by atoms with Gasteiger partial charge in [-0.1, -0.05) is 6.07 Å². The molecule has 2 rings (SSSR count). The molecule has 1 heterocycles. The molecule has 1 aromatic rings. The smallest absolute Gasteiger partial charge is 0.387 e. The zero-order valence-electron chi connectivity index (χ0n) is 11.7. The number of halogens is 2. The van der Waals surface area contributed by atoms with E-state index in [9.17, 15) is 13.6 Å². The van der Waals surface area contributed by atoms with Gasteiger partial charge in [-0.25, -0.2) is 0 Å². The molecule has 0 aromatic heterocycles. The van der Waals surface area contributed by atoms with Crippen molar-refractivity contribution >= 4 is 5.91 Å². The van der Waals surface area contributed by atoms with Gasteiger partial charge < -0.3 is 14.8 Å². The molecule has 1 saturated heterocycles. The lowest BCUT2D eigenvalue weighted by Crippen LogP contribution is -2.29. The first kappa shape index (κ1) is 15.7. The molecule has 1 fully saturated rings. The van der Waals surface area contributed by atoms with Crippen LogP contribution in [-0.2, 0) is 4.74 Å². The van der Waals surface area contributed by atoms with E-state index in [2.05, 4.69) is 10.1 Å². The highest BCUT2D eigenvalue weighted by molar-refractivity contribution is 5.94. The maximum Gasteiger partial charge on any atom is 0.387 e. The zero-order chi connectivity index (χ0) is 15.1. The second kappa shape index (κ2) is 7.93. The second-order valence-corrected chi connectivity index (χ2v) is 4.94. The third-order valence-corrected chi connectivity index (χ3v) is 3.35. The summed E-state index contributed by atoms with van der Waals surface area (Å²) in [6, 6.07) is 5.76. The van der Waals surface area contributed by atoms with E-state index in [-0.39, 0.29) is 17.8 Å². The van der Waals surface area contributed by atoms with Crippen molar-refractivity contribution in [1.29, 1.82) is 0 Å². The molecule has 1 amide bonds. The first-order chi connectivity index (χ1) is 10.1. The van der Waals surface area contributed by atoms with Crippen LogP contribution in [0.1, 0.15) is 36.0 Å². The Morgan fingerprint density at radius 2 is 2.29 bits per heavy atom. The predicted octanol–water partition coefficient (Wildman–Crippen LogP) is 2.98. The molecular formula is C15H19F2NO3. The van der Waals surface area contributed by atoms with E-state index in [0.29, 0.717) is 12.1 Å². The highest BCUT2D eigenvalue weighted by Gasteiger charge is 2.14. The fourth-order valence-corrected chi connectivity index (χ4v) is 2.30. The summed E-state index contributed by atoms with van der Waals surface area (Å²) in [5, 5.41) is 2.76. The predicted molar refractivity (Wildman–Crippen MR) is 73.6 cm³/mol. The van der Waals surface area contributed by atoms with Crippen LogP contribution in [0.3, 0.4) is 0 Å². The first-order valence-electron chi connectivity index (χ1n) is 7.10. The standard InChI is InChI=1S/C15H19F2NO3/c16-15(17)21-13-6-3-4-11(10-13)14(19)18-8-7-12-5-1-2-9-20-12/h3-4,6,10,12,15H,1-2,5,7-9H2,(H,18,19)/t12-/m0/s1. The molecular weight excluding hydrogens is 280 g/mol. The van der Waals surface area contributed by atoms with Gasteiger partial charge in [0.2, 0.25) is 0 Å². The number of rotatable bonds is 6. The molecule has 6 heteroatoms. The van der Waals surface area contributed by atoms with Crippen molar-refractivity contribution in [1.82, 2.24) is 5.32 Å². The fourth-order valence-electron chi connectivity index (χ4n) is 2.30. The lowest BCUT2D eigenvalue weighted by Gasteiger charge is -2.22. The Morgan fingerprint density at radius 1 is 1.43 bits per heavy atom. The largest absolute Gasteiger partial charge is 0.435 e. The molecule has 4 nitrogen and oxygen atoms in total. The minimum absolute atomic E-state index is 0.0201. The summed E-state index contributed by atoms with van der Waals surface area (Å²) in [6.07, 6.45) is 4.24. The molecule has 0 aliphatic carbocycles. The molecule has 1 aromatic carbocycles. The van der Waals surface area contributed by atoms with E-state index < -0.39 is 6.61 Å². The topological polar surface area (TPSA) is 47.6 Å². The summed E-state index contributed by atoms with van der Waals surface area (Å²) in [7, 11) is 0. The third kappa shape index (κ3) is 5.30. The normalized spacial score (nSPS) is 18.5. The monoisotopic (exact) mass is 299 g/mol. The van der Waals surface area contributed by atoms with Crippen LogP contribution in [0.5, 0.6) is 5.75 Å². The molecule has 0 bridgehead atoms. The Balaban J connectivity index is 1.79. The molecule has 116 valence electrons. The van der Waals surface area contributed by atoms with Gasteiger partial charge >= 0.3 is 6.61 Å². The molecule has 1 aliphatic heterocycles. The Bertz CT molecular complexity index is 462. The maximum atomic E-state index is 12.1. The van der Waals surface area contributed by atoms with Crippen molar-refractivity contribution in [2.45, 2.75) is 38.4 Å². The zero-order valence-corrected chi connectivity index (χ0v) is 11.7. The van der Waals surface area contributed by atoms with Crippen LogP contribution >= 0.6 is 0 Å². The minimum atomic E-state index is -2.90. The molecule has 1 aliphatic rings. The highest BCUT2D eigenvalue weighted by Crippen LogP contribution is 2.17. The number of benzene rings is 1. The Kier molecular flexibility index (Phi) is 5.92. The summed E-state index contributed by atoms with van der Waals surface area (Å²) in [6.45, 7) is -1.61. The number of hydrogen-bond acceptors (Lipinski definition) is 3. The molecule has 0 spiro atoms. The second-order valence-electron chi connectivity index (χ2n) is 4.94. The number of hydrogen-bond donors (Lipinski definition) is 1. The average Bonchev–Trinajstić information content (AvgIpc) is 2.48. The number of ether oxygens (including phenoxy) is 2. The van der Waals surface area contributed by atoms with Crippen LogP contribution in [0.25, 0.3) is 0 Å². The Hall–Kier alpha value is -1.69. The summed E-state index contributed by atoms with van der Waals surface area (Å²) in [5.41, 5.74) is 0.303. The van der Waals surface area contributed by atoms with Gasteiger partial charge in [0.15, 0.2) is 0 Å². The molecule has 1 N–H and O–H groups in total. The van der Waals surface area contributed by atoms with Crippen molar-refractivity contribution in [3.05, 3.63) is 29.8 Å². The molecule has 0 radical (unpaired) electrons. The Morgan fingerprint density at radius 3 is 3.00 bits per heavy atom. The molecule has 1 atom stereocenters. The first-order valence-corrected chi connectivity index (χ1v) is 7.10. The van der Waals surface area contributed by atoms with Gasteiger partial charge in [-0.15, -0.1) is 0 Å². The summed E-state index contributed by atoms with van der Waals surface area (Å²) >= 11 is 0. The van der Waals surface area contributed by atoms with Gasteiger partial charge in [-0.3, -0.25) is 4.79 Å². The number of carbonyl (C=O) groups excluding carboxylic acids is 1. The molecule has 0 unspecified atom stereocenters. The fraction of sp³-hybridized carbons (Fsp3) is 0.533. The third-order valence-electron chi connectivity index (χ3n) is 3.35. The number of carbonyl (C=O) groups is 1. The van der Waals surface area contributed by atoms with Crippen molar-refractivity contribution in [2.75, 3.05) is 13.2 Å². The van der Waals surface area contributed by atoms with Crippen LogP contribution in [0, 0.1) is 0 Å². The lowest BCUT2D eigenvalue weighted by molar-refractivity contribution is -0.0498. The average molecular weight is 299 g/mol. The van der Waals surface area contributed by atoms with E-state index in [1.165, 1.54) is 18.2 Å². The van der Waals surface area contributed by atoms with Gasteiger partial charge in [0.05, 0.1) is 6.10 Å². The van der Waals surface area contributed by atoms with Crippen molar-refractivity contribution in [3.63, 3.8) is 0 Å². The summed E-state index contributed by atoms with van der Waals surface area (Å²) in [5.74, 6) is -0.321. The van der Waals surface area contributed by atoms with E-state index in [1.807, 2.05) is 0 Å². The summed E-state index contributed by atoms with van der Waals surface area (Å²) < 4.78 is 34.1. The Labute approximate surface area is 122 Å². The van der Waals surface area contributed by atoms with Crippen molar-refractivity contribution in [3.8, 4) is 5.75 Å². The van der Waals surface area contributed by atoms with Gasteiger partial charge in [0.25, 0.3) is 5.91 Å². The van der Waals surface area contributed by atoms with Crippen molar-refractivity contribution < 1.29 is 23.0 Å². The van der Waals surface area contributed by atoms with Gasteiger partial charge in [0, 0.05) is 18.7 Å². The van der Waals surface area contributed by atoms with E-state index in [4.69, 9.17) is 4.74 Å². The number of amides is 1. The number of nitrogens with one attached hydrogen (secondary N) is 1. The highest BCUT2D eigenvalue weighted by atomic mass is 19.3. The molecule has 21 heavy (non-hydrogen) atoms. The minimum Gasteiger partial charge on any atom is -0.435 e. The number of alkyl halides is 2. The van der Waals surface area contributed by atoms with Crippen LogP contribution in [0.15, 0.2) is 24.3 Å². The van der Waals surface area contributed by atoms with Gasteiger partial charge in [-0.2, -0.15) is 8.78 Å². The van der Waals surface area contributed by atoms with Crippen LogP contribution in [0.4, 0.5) is 8.78 Å². The van der Waals surface area contributed by atoms with E-state index in [1.54, 1.807) is 6.07 Å². The maximum absolute atomic E-state index is 12.1. The van der Waals surface area contributed by atoms with E-state index in [0.717, 1.165) is 32.3 Å². The van der Waals surface area contributed by atoms with E-state index >= 15 is 0 Å². The van der Waals surface area contributed by atoms with Crippen molar-refractivity contribution in [2.24, 2.45) is 0 Å². The SMILES string of the molecule is O=C(NCC[C@@H]1CCCCO1)c1cccc(OC(F)F)c1. The molecule has 0 saturated carbocycles. The quantitative estimate of drug-likeness (QED) is 0.878.